The third-order valence-corrected chi connectivity index (χ3v) is 1.20. The summed E-state index contributed by atoms with van der Waals surface area (Å²) in [4.78, 5) is 20.5. The zero-order chi connectivity index (χ0) is 9.02. The molecule has 0 aromatic rings. The van der Waals surface area contributed by atoms with Crippen LogP contribution in [0.25, 0.3) is 0 Å². The van der Waals surface area contributed by atoms with E-state index in [1.807, 2.05) is 0 Å². The van der Waals surface area contributed by atoms with Gasteiger partial charge in [0.15, 0.2) is 5.92 Å². The summed E-state index contributed by atoms with van der Waals surface area (Å²) in [5.41, 5.74) is 5.24. The minimum Gasteiger partial charge on any atom is -0.481 e. The lowest BCUT2D eigenvalue weighted by molar-refractivity contribution is -0.154. The van der Waals surface area contributed by atoms with Gasteiger partial charge in [0.25, 0.3) is 0 Å². The molecule has 0 heterocycles. The predicted molar refractivity (Wildman–Crippen MR) is 37.0 cm³/mol. The van der Waals surface area contributed by atoms with Crippen LogP contribution in [0.3, 0.4) is 0 Å². The molecule has 0 bridgehead atoms. The minimum absolute atomic E-state index is 0.0370. The van der Waals surface area contributed by atoms with Crippen molar-refractivity contribution in [3.63, 3.8) is 0 Å². The number of aliphatic carboxylic acids is 2. The van der Waals surface area contributed by atoms with Crippen molar-refractivity contribution in [3.05, 3.63) is 0 Å². The van der Waals surface area contributed by atoms with E-state index in [-0.39, 0.29) is 6.42 Å². The first-order valence-electron chi connectivity index (χ1n) is 3.16. The molecule has 4 N–H and O–H groups in total. The highest BCUT2D eigenvalue weighted by Gasteiger charge is 2.26. The molecule has 0 spiro atoms. The number of carbonyl (C=O) groups is 2. The van der Waals surface area contributed by atoms with Gasteiger partial charge in [-0.05, 0) is 13.3 Å². The SMILES string of the molecule is CC(N)CC(C(=O)O)C(=O)O. The Kier molecular flexibility index (Phi) is 3.53. The highest BCUT2D eigenvalue weighted by atomic mass is 16.4. The summed E-state index contributed by atoms with van der Waals surface area (Å²) in [5, 5.41) is 16.7. The molecule has 0 aromatic heterocycles. The maximum atomic E-state index is 10.2. The first-order chi connectivity index (χ1) is 4.95. The molecule has 0 saturated carbocycles. The lowest BCUT2D eigenvalue weighted by Gasteiger charge is -2.08. The van der Waals surface area contributed by atoms with Crippen LogP contribution in [-0.2, 0) is 9.59 Å². The first-order valence-corrected chi connectivity index (χ1v) is 3.16. The molecule has 0 aromatic carbocycles. The summed E-state index contributed by atoms with van der Waals surface area (Å²) in [7, 11) is 0. The van der Waals surface area contributed by atoms with Gasteiger partial charge >= 0.3 is 11.9 Å². The summed E-state index contributed by atoms with van der Waals surface area (Å²) in [5.74, 6) is -4.06. The van der Waals surface area contributed by atoms with Crippen molar-refractivity contribution in [2.24, 2.45) is 11.7 Å². The number of nitrogens with two attached hydrogens (primary N) is 1. The average molecular weight is 161 g/mol. The van der Waals surface area contributed by atoms with Gasteiger partial charge in [0.1, 0.15) is 0 Å². The number of carboxylic acid groups (broad SMARTS) is 2. The van der Waals surface area contributed by atoms with E-state index in [0.29, 0.717) is 0 Å². The Morgan fingerprint density at radius 2 is 1.73 bits per heavy atom. The monoisotopic (exact) mass is 161 g/mol. The van der Waals surface area contributed by atoms with Gasteiger partial charge in [-0.2, -0.15) is 0 Å². The summed E-state index contributed by atoms with van der Waals surface area (Å²) < 4.78 is 0. The minimum atomic E-state index is -1.38. The van der Waals surface area contributed by atoms with E-state index in [2.05, 4.69) is 0 Å². The van der Waals surface area contributed by atoms with Crippen molar-refractivity contribution < 1.29 is 19.8 Å². The first kappa shape index (κ1) is 9.90. The average Bonchev–Trinajstić information content (AvgIpc) is 1.81. The Hall–Kier alpha value is -1.10. The maximum absolute atomic E-state index is 10.2. The molecule has 64 valence electrons. The van der Waals surface area contributed by atoms with Gasteiger partial charge in [-0.1, -0.05) is 0 Å². The van der Waals surface area contributed by atoms with Crippen LogP contribution in [0.1, 0.15) is 13.3 Å². The van der Waals surface area contributed by atoms with Crippen LogP contribution in [0.4, 0.5) is 0 Å². The molecule has 1 unspecified atom stereocenters. The molecule has 0 radical (unpaired) electrons. The van der Waals surface area contributed by atoms with E-state index in [9.17, 15) is 9.59 Å². The van der Waals surface area contributed by atoms with Crippen LogP contribution in [0, 0.1) is 5.92 Å². The molecule has 5 nitrogen and oxygen atoms in total. The fourth-order valence-corrected chi connectivity index (χ4v) is 0.679. The van der Waals surface area contributed by atoms with E-state index in [0.717, 1.165) is 0 Å². The Bertz CT molecular complexity index is 152. The largest absolute Gasteiger partial charge is 0.481 e. The fourth-order valence-electron chi connectivity index (χ4n) is 0.679. The smallest absolute Gasteiger partial charge is 0.317 e. The van der Waals surface area contributed by atoms with E-state index >= 15 is 0 Å². The van der Waals surface area contributed by atoms with Crippen molar-refractivity contribution in [3.8, 4) is 0 Å². The van der Waals surface area contributed by atoms with Gasteiger partial charge in [-0.3, -0.25) is 9.59 Å². The number of hydrogen-bond donors (Lipinski definition) is 3. The van der Waals surface area contributed by atoms with E-state index < -0.39 is 23.9 Å². The van der Waals surface area contributed by atoms with Crippen molar-refractivity contribution in [1.82, 2.24) is 0 Å². The van der Waals surface area contributed by atoms with Crippen LogP contribution < -0.4 is 5.73 Å². The standard InChI is InChI=1S/C6H11NO4/c1-3(7)2-4(5(8)9)6(10)11/h3-4H,2,7H2,1H3,(H,8,9)(H,10,11). The second-order valence-corrected chi connectivity index (χ2v) is 2.44. The van der Waals surface area contributed by atoms with Crippen molar-refractivity contribution >= 4 is 11.9 Å². The van der Waals surface area contributed by atoms with Crippen molar-refractivity contribution in [1.29, 1.82) is 0 Å². The number of carboxylic acids is 2. The highest BCUT2D eigenvalue weighted by Crippen LogP contribution is 2.05. The molecule has 11 heavy (non-hydrogen) atoms. The lowest BCUT2D eigenvalue weighted by atomic mass is 10.0. The van der Waals surface area contributed by atoms with Gasteiger partial charge in [0.05, 0.1) is 0 Å². The molecule has 0 saturated heterocycles. The van der Waals surface area contributed by atoms with Gasteiger partial charge in [-0.25, -0.2) is 0 Å². The summed E-state index contributed by atoms with van der Waals surface area (Å²) >= 11 is 0. The highest BCUT2D eigenvalue weighted by molar-refractivity contribution is 5.92. The quantitative estimate of drug-likeness (QED) is 0.483. The molecule has 0 aliphatic rings. The van der Waals surface area contributed by atoms with Gasteiger partial charge < -0.3 is 15.9 Å². The predicted octanol–water partition coefficient (Wildman–Crippen LogP) is -0.491. The van der Waals surface area contributed by atoms with Crippen molar-refractivity contribution in [2.45, 2.75) is 19.4 Å². The Labute approximate surface area is 63.8 Å². The lowest BCUT2D eigenvalue weighted by Crippen LogP contribution is -2.30. The molecule has 0 amide bonds. The maximum Gasteiger partial charge on any atom is 0.317 e. The van der Waals surface area contributed by atoms with Gasteiger partial charge in [0.2, 0.25) is 0 Å². The summed E-state index contributed by atoms with van der Waals surface area (Å²) in [6, 6.07) is -0.410. The zero-order valence-electron chi connectivity index (χ0n) is 6.15. The molecule has 5 heteroatoms. The van der Waals surface area contributed by atoms with Crippen LogP contribution in [0.2, 0.25) is 0 Å². The van der Waals surface area contributed by atoms with Gasteiger partial charge in [0, 0.05) is 6.04 Å². The second kappa shape index (κ2) is 3.92. The number of rotatable bonds is 4. The molecular formula is C6H11NO4. The van der Waals surface area contributed by atoms with E-state index in [4.69, 9.17) is 15.9 Å². The summed E-state index contributed by atoms with van der Waals surface area (Å²) in [6.45, 7) is 1.57. The summed E-state index contributed by atoms with van der Waals surface area (Å²) in [6.07, 6.45) is -0.0370. The third kappa shape index (κ3) is 3.57. The second-order valence-electron chi connectivity index (χ2n) is 2.44. The molecule has 0 aliphatic heterocycles. The number of hydrogen-bond acceptors (Lipinski definition) is 3. The Morgan fingerprint density at radius 1 is 1.36 bits per heavy atom. The van der Waals surface area contributed by atoms with Crippen LogP contribution in [0.5, 0.6) is 0 Å². The topological polar surface area (TPSA) is 101 Å². The van der Waals surface area contributed by atoms with Crippen LogP contribution in [-0.4, -0.2) is 28.2 Å². The third-order valence-electron chi connectivity index (χ3n) is 1.20. The van der Waals surface area contributed by atoms with Crippen LogP contribution in [0.15, 0.2) is 0 Å². The molecular weight excluding hydrogens is 150 g/mol. The molecule has 0 rings (SSSR count). The van der Waals surface area contributed by atoms with E-state index in [1.54, 1.807) is 6.92 Å². The van der Waals surface area contributed by atoms with Crippen LogP contribution >= 0.6 is 0 Å². The van der Waals surface area contributed by atoms with E-state index in [1.165, 1.54) is 0 Å². The molecule has 0 aliphatic carbocycles. The zero-order valence-corrected chi connectivity index (χ0v) is 6.15. The molecule has 1 atom stereocenters. The Balaban J connectivity index is 4.12. The molecule has 0 fully saturated rings. The normalized spacial score (nSPS) is 13.0. The fraction of sp³-hybridized carbons (Fsp3) is 0.667. The Morgan fingerprint density at radius 3 is 1.82 bits per heavy atom. The van der Waals surface area contributed by atoms with Crippen molar-refractivity contribution in [2.75, 3.05) is 0 Å². The van der Waals surface area contributed by atoms with Gasteiger partial charge in [-0.15, -0.1) is 0 Å².